The zero-order valence-electron chi connectivity index (χ0n) is 14.0. The van der Waals surface area contributed by atoms with Crippen molar-refractivity contribution in [3.05, 3.63) is 0 Å². The average Bonchev–Trinajstić information content (AvgIpc) is 3.01. The van der Waals surface area contributed by atoms with E-state index in [2.05, 4.69) is 16.7 Å². The molecule has 0 aromatic carbocycles. The number of nitrogens with zero attached hydrogens (tertiary/aromatic N) is 2. The maximum atomic E-state index is 6.25. The SMILES string of the molecule is CC1CCCC(CN)(N2CCC(CN3CCCC3)CC2)C1. The maximum Gasteiger partial charge on any atom is 0.0334 e. The largest absolute Gasteiger partial charge is 0.329 e. The second kappa shape index (κ2) is 6.97. The molecule has 2 N–H and O–H groups in total. The van der Waals surface area contributed by atoms with Crippen LogP contribution < -0.4 is 5.73 Å². The second-order valence-electron chi connectivity index (χ2n) is 8.07. The van der Waals surface area contributed by atoms with E-state index < -0.39 is 0 Å². The van der Waals surface area contributed by atoms with Crippen LogP contribution in [0.15, 0.2) is 0 Å². The fraction of sp³-hybridized carbons (Fsp3) is 1.00. The van der Waals surface area contributed by atoms with E-state index in [0.717, 1.165) is 18.4 Å². The average molecular weight is 293 g/mol. The fourth-order valence-electron chi connectivity index (χ4n) is 5.15. The van der Waals surface area contributed by atoms with Crippen molar-refractivity contribution in [3.63, 3.8) is 0 Å². The smallest absolute Gasteiger partial charge is 0.0334 e. The van der Waals surface area contributed by atoms with Gasteiger partial charge in [-0.1, -0.05) is 19.8 Å². The van der Waals surface area contributed by atoms with E-state index in [4.69, 9.17) is 5.73 Å². The van der Waals surface area contributed by atoms with E-state index in [1.165, 1.54) is 84.1 Å². The Balaban J connectivity index is 1.51. The molecule has 0 spiro atoms. The Morgan fingerprint density at radius 1 is 1.00 bits per heavy atom. The Bertz CT molecular complexity index is 318. The zero-order chi connectivity index (χ0) is 14.7. The van der Waals surface area contributed by atoms with Crippen molar-refractivity contribution in [3.8, 4) is 0 Å². The normalized spacial score (nSPS) is 37.1. The van der Waals surface area contributed by atoms with Crippen LogP contribution in [0.5, 0.6) is 0 Å². The Kier molecular flexibility index (Phi) is 5.23. The van der Waals surface area contributed by atoms with Gasteiger partial charge < -0.3 is 10.6 Å². The van der Waals surface area contributed by atoms with Gasteiger partial charge in [-0.15, -0.1) is 0 Å². The summed E-state index contributed by atoms with van der Waals surface area (Å²) in [5.74, 6) is 1.81. The molecule has 2 heterocycles. The third-order valence-electron chi connectivity index (χ3n) is 6.45. The van der Waals surface area contributed by atoms with Crippen LogP contribution in [0.3, 0.4) is 0 Å². The van der Waals surface area contributed by atoms with Gasteiger partial charge in [0.15, 0.2) is 0 Å². The van der Waals surface area contributed by atoms with Crippen LogP contribution >= 0.6 is 0 Å². The van der Waals surface area contributed by atoms with Gasteiger partial charge in [0.05, 0.1) is 0 Å². The van der Waals surface area contributed by atoms with Gasteiger partial charge in [0, 0.05) is 18.6 Å². The van der Waals surface area contributed by atoms with Gasteiger partial charge in [0.1, 0.15) is 0 Å². The molecule has 2 atom stereocenters. The van der Waals surface area contributed by atoms with Crippen molar-refractivity contribution in [1.29, 1.82) is 0 Å². The van der Waals surface area contributed by atoms with Crippen LogP contribution in [-0.2, 0) is 0 Å². The van der Waals surface area contributed by atoms with Crippen molar-refractivity contribution in [2.24, 2.45) is 17.6 Å². The highest BCUT2D eigenvalue weighted by Crippen LogP contribution is 2.38. The summed E-state index contributed by atoms with van der Waals surface area (Å²) >= 11 is 0. The third kappa shape index (κ3) is 3.62. The van der Waals surface area contributed by atoms with Crippen LogP contribution in [-0.4, -0.2) is 54.6 Å². The molecule has 3 fully saturated rings. The minimum absolute atomic E-state index is 0.344. The van der Waals surface area contributed by atoms with E-state index in [0.29, 0.717) is 5.54 Å². The number of likely N-dealkylation sites (tertiary alicyclic amines) is 2. The molecule has 0 aromatic rings. The molecule has 122 valence electrons. The van der Waals surface area contributed by atoms with Crippen LogP contribution in [0.4, 0.5) is 0 Å². The molecule has 3 nitrogen and oxygen atoms in total. The van der Waals surface area contributed by atoms with Crippen molar-refractivity contribution in [2.45, 2.75) is 63.8 Å². The molecule has 21 heavy (non-hydrogen) atoms. The Morgan fingerprint density at radius 3 is 2.33 bits per heavy atom. The highest BCUT2D eigenvalue weighted by atomic mass is 15.2. The molecule has 3 rings (SSSR count). The van der Waals surface area contributed by atoms with Gasteiger partial charge in [-0.3, -0.25) is 4.90 Å². The highest BCUT2D eigenvalue weighted by molar-refractivity contribution is 4.97. The summed E-state index contributed by atoms with van der Waals surface area (Å²) in [4.78, 5) is 5.48. The van der Waals surface area contributed by atoms with Gasteiger partial charge in [-0.2, -0.15) is 0 Å². The van der Waals surface area contributed by atoms with E-state index in [9.17, 15) is 0 Å². The number of nitrogens with two attached hydrogens (primary N) is 1. The van der Waals surface area contributed by atoms with Crippen molar-refractivity contribution >= 4 is 0 Å². The standard InChI is InChI=1S/C18H35N3/c1-16-5-4-8-18(13-16,15-19)21-11-6-17(7-12-21)14-20-9-2-3-10-20/h16-17H,2-15,19H2,1H3. The summed E-state index contributed by atoms with van der Waals surface area (Å²) < 4.78 is 0. The Labute approximate surface area is 131 Å². The third-order valence-corrected chi connectivity index (χ3v) is 6.45. The first kappa shape index (κ1) is 15.8. The zero-order valence-corrected chi connectivity index (χ0v) is 14.0. The van der Waals surface area contributed by atoms with E-state index in [1.807, 2.05) is 0 Å². The molecule has 0 bridgehead atoms. The highest BCUT2D eigenvalue weighted by Gasteiger charge is 2.40. The first-order chi connectivity index (χ1) is 10.2. The molecule has 3 aliphatic rings. The molecule has 2 unspecified atom stereocenters. The molecule has 0 amide bonds. The van der Waals surface area contributed by atoms with Gasteiger partial charge in [0.2, 0.25) is 0 Å². The molecule has 2 saturated heterocycles. The summed E-state index contributed by atoms with van der Waals surface area (Å²) in [6.45, 7) is 9.94. The number of piperidine rings is 1. The van der Waals surface area contributed by atoms with Crippen LogP contribution in [0.1, 0.15) is 58.3 Å². The lowest BCUT2D eigenvalue weighted by Gasteiger charge is -2.50. The molecular weight excluding hydrogens is 258 g/mol. The Hall–Kier alpha value is -0.120. The van der Waals surface area contributed by atoms with E-state index >= 15 is 0 Å². The van der Waals surface area contributed by atoms with Gasteiger partial charge in [-0.25, -0.2) is 0 Å². The summed E-state index contributed by atoms with van der Waals surface area (Å²) in [7, 11) is 0. The molecular formula is C18H35N3. The molecule has 2 aliphatic heterocycles. The minimum atomic E-state index is 0.344. The summed E-state index contributed by atoms with van der Waals surface area (Å²) in [5.41, 5.74) is 6.59. The molecule has 1 saturated carbocycles. The summed E-state index contributed by atoms with van der Waals surface area (Å²) in [6.07, 6.45) is 11.1. The number of hydrogen-bond acceptors (Lipinski definition) is 3. The molecule has 0 aromatic heterocycles. The lowest BCUT2D eigenvalue weighted by atomic mass is 9.74. The molecule has 1 aliphatic carbocycles. The van der Waals surface area contributed by atoms with Crippen LogP contribution in [0, 0.1) is 11.8 Å². The maximum absolute atomic E-state index is 6.25. The molecule has 0 radical (unpaired) electrons. The monoisotopic (exact) mass is 293 g/mol. The lowest BCUT2D eigenvalue weighted by Crippen LogP contribution is -2.58. The predicted octanol–water partition coefficient (Wildman–Crippen LogP) is 2.70. The topological polar surface area (TPSA) is 32.5 Å². The van der Waals surface area contributed by atoms with Gasteiger partial charge in [-0.05, 0) is 76.5 Å². The van der Waals surface area contributed by atoms with E-state index in [1.54, 1.807) is 0 Å². The van der Waals surface area contributed by atoms with Gasteiger partial charge >= 0.3 is 0 Å². The van der Waals surface area contributed by atoms with Crippen molar-refractivity contribution < 1.29 is 0 Å². The predicted molar refractivity (Wildman–Crippen MR) is 89.4 cm³/mol. The first-order valence-corrected chi connectivity index (χ1v) is 9.39. The lowest BCUT2D eigenvalue weighted by molar-refractivity contribution is 0.00916. The number of rotatable bonds is 4. The van der Waals surface area contributed by atoms with E-state index in [-0.39, 0.29) is 0 Å². The molecule has 3 heteroatoms. The minimum Gasteiger partial charge on any atom is -0.329 e. The van der Waals surface area contributed by atoms with Crippen molar-refractivity contribution in [2.75, 3.05) is 39.3 Å². The van der Waals surface area contributed by atoms with Gasteiger partial charge in [0.25, 0.3) is 0 Å². The second-order valence-corrected chi connectivity index (χ2v) is 8.07. The Morgan fingerprint density at radius 2 is 1.71 bits per heavy atom. The van der Waals surface area contributed by atoms with Crippen molar-refractivity contribution in [1.82, 2.24) is 9.80 Å². The number of hydrogen-bond donors (Lipinski definition) is 1. The summed E-state index contributed by atoms with van der Waals surface area (Å²) in [6, 6.07) is 0. The summed E-state index contributed by atoms with van der Waals surface area (Å²) in [5, 5.41) is 0. The first-order valence-electron chi connectivity index (χ1n) is 9.39. The van der Waals surface area contributed by atoms with Crippen LogP contribution in [0.2, 0.25) is 0 Å². The van der Waals surface area contributed by atoms with Crippen LogP contribution in [0.25, 0.3) is 0 Å². The fourth-order valence-corrected chi connectivity index (χ4v) is 5.15. The quantitative estimate of drug-likeness (QED) is 0.865.